The van der Waals surface area contributed by atoms with Crippen molar-refractivity contribution in [2.45, 2.75) is 39.3 Å². The smallest absolute Gasteiger partial charge is 0.309 e. The van der Waals surface area contributed by atoms with Gasteiger partial charge in [0.2, 0.25) is 5.91 Å². The van der Waals surface area contributed by atoms with Crippen molar-refractivity contribution in [2.75, 3.05) is 5.32 Å². The fourth-order valence-corrected chi connectivity index (χ4v) is 3.08. The van der Waals surface area contributed by atoms with Crippen molar-refractivity contribution < 1.29 is 19.1 Å². The van der Waals surface area contributed by atoms with Gasteiger partial charge in [-0.1, -0.05) is 23.8 Å². The molecular weight excluding hydrogens is 352 g/mol. The number of thiophene rings is 1. The number of esters is 1. The van der Waals surface area contributed by atoms with E-state index in [1.54, 1.807) is 12.1 Å². The molecule has 1 aromatic heterocycles. The number of hydrogen-bond donors (Lipinski definition) is 2. The SMILES string of the molecule is CC(=O)N[C@@H](CC(=O)O[C@H](C)C(=O)Nc1ccc(C)cc1)c1cccs1. The molecule has 0 radical (unpaired) electrons. The summed E-state index contributed by atoms with van der Waals surface area (Å²) in [6, 6.07) is 10.5. The summed E-state index contributed by atoms with van der Waals surface area (Å²) in [7, 11) is 0. The van der Waals surface area contributed by atoms with E-state index < -0.39 is 24.0 Å². The minimum atomic E-state index is -0.940. The molecule has 1 aromatic carbocycles. The number of carbonyl (C=O) groups excluding carboxylic acids is 3. The molecular formula is C19H22N2O4S. The highest BCUT2D eigenvalue weighted by Crippen LogP contribution is 2.22. The van der Waals surface area contributed by atoms with Crippen LogP contribution in [0.25, 0.3) is 0 Å². The fourth-order valence-electron chi connectivity index (χ4n) is 2.30. The molecule has 26 heavy (non-hydrogen) atoms. The Bertz CT molecular complexity index is 756. The van der Waals surface area contributed by atoms with Crippen molar-refractivity contribution in [2.24, 2.45) is 0 Å². The number of nitrogens with one attached hydrogen (secondary N) is 2. The number of aryl methyl sites for hydroxylation is 1. The van der Waals surface area contributed by atoms with Gasteiger partial charge >= 0.3 is 5.97 Å². The van der Waals surface area contributed by atoms with Crippen molar-refractivity contribution in [3.63, 3.8) is 0 Å². The second kappa shape index (κ2) is 9.15. The molecule has 0 aliphatic heterocycles. The van der Waals surface area contributed by atoms with Gasteiger partial charge in [0.15, 0.2) is 6.10 Å². The number of rotatable bonds is 7. The average Bonchev–Trinajstić information content (AvgIpc) is 3.10. The molecule has 0 saturated heterocycles. The van der Waals surface area contributed by atoms with E-state index in [0.717, 1.165) is 10.4 Å². The molecule has 2 N–H and O–H groups in total. The third-order valence-electron chi connectivity index (χ3n) is 3.63. The third kappa shape index (κ3) is 6.00. The Morgan fingerprint density at radius 3 is 2.42 bits per heavy atom. The Hall–Kier alpha value is -2.67. The number of amides is 2. The van der Waals surface area contributed by atoms with Crippen LogP contribution in [0.3, 0.4) is 0 Å². The fraction of sp³-hybridized carbons (Fsp3) is 0.316. The minimum absolute atomic E-state index is 0.0394. The Morgan fingerprint density at radius 1 is 1.15 bits per heavy atom. The standard InChI is InChI=1S/C19H22N2O4S/c1-12-6-8-15(9-7-12)21-19(24)13(2)25-18(23)11-16(20-14(3)22)17-5-4-10-26-17/h4-10,13,16H,11H2,1-3H3,(H,20,22)(H,21,24)/t13-,16+/m1/s1. The first-order valence-corrected chi connectivity index (χ1v) is 9.10. The topological polar surface area (TPSA) is 84.5 Å². The van der Waals surface area contributed by atoms with E-state index in [4.69, 9.17) is 4.74 Å². The normalized spacial score (nSPS) is 12.7. The molecule has 1 heterocycles. The van der Waals surface area contributed by atoms with Crippen molar-refractivity contribution in [3.8, 4) is 0 Å². The molecule has 2 aromatic rings. The van der Waals surface area contributed by atoms with Crippen LogP contribution in [0, 0.1) is 6.92 Å². The van der Waals surface area contributed by atoms with Gasteiger partial charge in [-0.3, -0.25) is 14.4 Å². The highest BCUT2D eigenvalue weighted by atomic mass is 32.1. The Morgan fingerprint density at radius 2 is 1.85 bits per heavy atom. The zero-order valence-corrected chi connectivity index (χ0v) is 15.8. The van der Waals surface area contributed by atoms with Gasteiger partial charge in [-0.05, 0) is 37.4 Å². The zero-order valence-electron chi connectivity index (χ0n) is 14.9. The van der Waals surface area contributed by atoms with Crippen LogP contribution in [0.15, 0.2) is 41.8 Å². The quantitative estimate of drug-likeness (QED) is 0.729. The van der Waals surface area contributed by atoms with E-state index in [2.05, 4.69) is 10.6 Å². The molecule has 0 fully saturated rings. The van der Waals surface area contributed by atoms with E-state index in [9.17, 15) is 14.4 Å². The van der Waals surface area contributed by atoms with Crippen molar-refractivity contribution >= 4 is 34.8 Å². The highest BCUT2D eigenvalue weighted by Gasteiger charge is 2.23. The number of anilines is 1. The van der Waals surface area contributed by atoms with Crippen molar-refractivity contribution in [3.05, 3.63) is 52.2 Å². The molecule has 0 saturated carbocycles. The summed E-state index contributed by atoms with van der Waals surface area (Å²) in [4.78, 5) is 36.6. The lowest BCUT2D eigenvalue weighted by molar-refractivity contribution is -0.153. The van der Waals surface area contributed by atoms with E-state index in [-0.39, 0.29) is 12.3 Å². The summed E-state index contributed by atoms with van der Waals surface area (Å²) in [5.41, 5.74) is 1.72. The maximum Gasteiger partial charge on any atom is 0.309 e. The number of ether oxygens (including phenoxy) is 1. The van der Waals surface area contributed by atoms with Gasteiger partial charge in [0.05, 0.1) is 12.5 Å². The molecule has 0 bridgehead atoms. The van der Waals surface area contributed by atoms with Crippen LogP contribution < -0.4 is 10.6 Å². The largest absolute Gasteiger partial charge is 0.452 e. The van der Waals surface area contributed by atoms with Gasteiger partial charge in [-0.15, -0.1) is 11.3 Å². The number of hydrogen-bond acceptors (Lipinski definition) is 5. The molecule has 138 valence electrons. The van der Waals surface area contributed by atoms with Crippen LogP contribution in [0.1, 0.15) is 36.8 Å². The van der Waals surface area contributed by atoms with Crippen molar-refractivity contribution in [1.82, 2.24) is 5.32 Å². The highest BCUT2D eigenvalue weighted by molar-refractivity contribution is 7.10. The summed E-state index contributed by atoms with van der Waals surface area (Å²) < 4.78 is 5.22. The average molecular weight is 374 g/mol. The molecule has 0 spiro atoms. The first-order valence-electron chi connectivity index (χ1n) is 8.22. The van der Waals surface area contributed by atoms with Crippen LogP contribution in [0.4, 0.5) is 5.69 Å². The summed E-state index contributed by atoms with van der Waals surface area (Å²) in [6.07, 6.45) is -0.979. The molecule has 0 aliphatic carbocycles. The summed E-state index contributed by atoms with van der Waals surface area (Å²) in [5, 5.41) is 7.30. The lowest BCUT2D eigenvalue weighted by Gasteiger charge is -2.18. The first-order chi connectivity index (χ1) is 12.3. The Labute approximate surface area is 156 Å². The molecule has 2 atom stereocenters. The van der Waals surface area contributed by atoms with Gasteiger partial charge in [0.1, 0.15) is 0 Å². The van der Waals surface area contributed by atoms with Gasteiger partial charge in [-0.2, -0.15) is 0 Å². The van der Waals surface area contributed by atoms with E-state index in [1.807, 2.05) is 36.6 Å². The summed E-state index contributed by atoms with van der Waals surface area (Å²) in [5.74, 6) is -1.19. The van der Waals surface area contributed by atoms with Crippen LogP contribution in [-0.2, 0) is 19.1 Å². The maximum absolute atomic E-state index is 12.2. The van der Waals surface area contributed by atoms with Gasteiger partial charge < -0.3 is 15.4 Å². The summed E-state index contributed by atoms with van der Waals surface area (Å²) >= 11 is 1.44. The second-order valence-electron chi connectivity index (χ2n) is 5.96. The Balaban J connectivity index is 1.91. The van der Waals surface area contributed by atoms with Crippen molar-refractivity contribution in [1.29, 1.82) is 0 Å². The molecule has 2 amide bonds. The van der Waals surface area contributed by atoms with Crippen LogP contribution in [-0.4, -0.2) is 23.9 Å². The minimum Gasteiger partial charge on any atom is -0.452 e. The Kier molecular flexibility index (Phi) is 6.91. The predicted octanol–water partition coefficient (Wildman–Crippen LogP) is 3.19. The van der Waals surface area contributed by atoms with Gasteiger partial charge in [0.25, 0.3) is 5.91 Å². The molecule has 0 aliphatic rings. The van der Waals surface area contributed by atoms with Crippen LogP contribution in [0.5, 0.6) is 0 Å². The lowest BCUT2D eigenvalue weighted by Crippen LogP contribution is -2.32. The monoisotopic (exact) mass is 374 g/mol. The number of benzene rings is 1. The third-order valence-corrected chi connectivity index (χ3v) is 4.62. The number of carbonyl (C=O) groups is 3. The first kappa shape index (κ1) is 19.7. The molecule has 6 nitrogen and oxygen atoms in total. The van der Waals surface area contributed by atoms with Gasteiger partial charge in [-0.25, -0.2) is 0 Å². The molecule has 7 heteroatoms. The second-order valence-corrected chi connectivity index (χ2v) is 6.94. The zero-order chi connectivity index (χ0) is 19.1. The van der Waals surface area contributed by atoms with Crippen LogP contribution in [0.2, 0.25) is 0 Å². The predicted molar refractivity (Wildman–Crippen MR) is 101 cm³/mol. The maximum atomic E-state index is 12.2. The van der Waals surface area contributed by atoms with Crippen LogP contribution >= 0.6 is 11.3 Å². The van der Waals surface area contributed by atoms with E-state index in [0.29, 0.717) is 5.69 Å². The van der Waals surface area contributed by atoms with E-state index in [1.165, 1.54) is 25.2 Å². The molecule has 0 unspecified atom stereocenters. The molecule has 2 rings (SSSR count). The van der Waals surface area contributed by atoms with E-state index >= 15 is 0 Å². The van der Waals surface area contributed by atoms with Gasteiger partial charge in [0, 0.05) is 17.5 Å². The lowest BCUT2D eigenvalue weighted by atomic mass is 10.1. The summed E-state index contributed by atoms with van der Waals surface area (Å²) in [6.45, 7) is 4.86.